The van der Waals surface area contributed by atoms with Crippen molar-refractivity contribution in [2.24, 2.45) is 0 Å². The number of aliphatic hydroxyl groups excluding tert-OH is 1. The fourth-order valence-electron chi connectivity index (χ4n) is 3.65. The molecule has 1 aliphatic carbocycles. The smallest absolute Gasteiger partial charge is 0.182 e. The second kappa shape index (κ2) is 16.9. The van der Waals surface area contributed by atoms with E-state index in [1.165, 1.54) is 102 Å². The molecule has 0 saturated heterocycles. The number of aliphatic hydroxyl groups is 1. The molecule has 0 spiro atoms. The minimum atomic E-state index is -0.0531. The maximum absolute atomic E-state index is 11.6. The summed E-state index contributed by atoms with van der Waals surface area (Å²) < 4.78 is 0. The summed E-state index contributed by atoms with van der Waals surface area (Å²) in [6, 6.07) is 0. The summed E-state index contributed by atoms with van der Waals surface area (Å²) in [5.74, 6) is -0.0426. The molecule has 3 nitrogen and oxygen atoms in total. The Hall–Kier alpha value is -1.22. The van der Waals surface area contributed by atoms with Crippen molar-refractivity contribution in [1.29, 1.82) is 0 Å². The Labute approximate surface area is 166 Å². The molecule has 0 aromatic heterocycles. The van der Waals surface area contributed by atoms with Gasteiger partial charge in [-0.2, -0.15) is 0 Å². The molecule has 0 atom stereocenters. The number of hydrogen-bond donors (Lipinski definition) is 1. The molecule has 0 unspecified atom stereocenters. The van der Waals surface area contributed by atoms with Gasteiger partial charge in [0, 0.05) is 12.2 Å². The van der Waals surface area contributed by atoms with E-state index in [-0.39, 0.29) is 11.6 Å². The van der Waals surface area contributed by atoms with Crippen LogP contribution in [0.5, 0.6) is 0 Å². The van der Waals surface area contributed by atoms with Crippen molar-refractivity contribution in [3.63, 3.8) is 0 Å². The van der Waals surface area contributed by atoms with E-state index in [1.54, 1.807) is 0 Å². The lowest BCUT2D eigenvalue weighted by Crippen LogP contribution is -2.07. The number of ketones is 2. The molecule has 1 N–H and O–H groups in total. The largest absolute Gasteiger partial charge is 0.396 e. The quantitative estimate of drug-likeness (QED) is 0.227. The predicted octanol–water partition coefficient (Wildman–Crippen LogP) is 6.24. The van der Waals surface area contributed by atoms with Crippen LogP contribution >= 0.6 is 0 Å². The summed E-state index contributed by atoms with van der Waals surface area (Å²) in [4.78, 5) is 22.9. The van der Waals surface area contributed by atoms with Crippen molar-refractivity contribution >= 4 is 11.6 Å². The van der Waals surface area contributed by atoms with Crippen LogP contribution in [-0.4, -0.2) is 23.3 Å². The summed E-state index contributed by atoms with van der Waals surface area (Å²) in [6.07, 6.45) is 25.4. The molecule has 1 aliphatic rings. The number of hydrogen-bond acceptors (Lipinski definition) is 3. The zero-order valence-corrected chi connectivity index (χ0v) is 17.2. The molecule has 0 radical (unpaired) electrons. The van der Waals surface area contributed by atoms with Gasteiger partial charge in [0.05, 0.1) is 0 Å². The molecule has 0 aliphatic heterocycles. The highest BCUT2D eigenvalue weighted by atomic mass is 16.2. The molecule has 1 rings (SSSR count). The molecule has 0 bridgehead atoms. The fourth-order valence-corrected chi connectivity index (χ4v) is 3.65. The van der Waals surface area contributed by atoms with Gasteiger partial charge in [-0.05, 0) is 37.5 Å². The standard InChI is InChI=1S/C24H40O3/c25-20-16-14-12-10-8-6-4-2-1-3-5-7-9-11-13-15-17-22-21-23(26)18-19-24(22)27/h18-19,21,25H,1-17,20H2. The van der Waals surface area contributed by atoms with E-state index in [1.807, 2.05) is 0 Å². The van der Waals surface area contributed by atoms with Crippen LogP contribution in [0.2, 0.25) is 0 Å². The number of carbonyl (C=O) groups is 2. The van der Waals surface area contributed by atoms with Gasteiger partial charge in [-0.1, -0.05) is 89.9 Å². The average molecular weight is 377 g/mol. The minimum absolute atomic E-state index is 0.0105. The fraction of sp³-hybridized carbons (Fsp3) is 0.750. The van der Waals surface area contributed by atoms with E-state index in [4.69, 9.17) is 5.11 Å². The van der Waals surface area contributed by atoms with Gasteiger partial charge in [0.15, 0.2) is 11.6 Å². The Kier molecular flexibility index (Phi) is 14.9. The summed E-state index contributed by atoms with van der Waals surface area (Å²) in [6.45, 7) is 0.346. The van der Waals surface area contributed by atoms with Crippen molar-refractivity contribution in [3.8, 4) is 0 Å². The maximum atomic E-state index is 11.6. The Bertz CT molecular complexity index is 462. The van der Waals surface area contributed by atoms with Crippen molar-refractivity contribution < 1.29 is 14.7 Å². The van der Waals surface area contributed by atoms with Crippen LogP contribution in [0.3, 0.4) is 0 Å². The Morgan fingerprint density at radius 3 is 1.41 bits per heavy atom. The topological polar surface area (TPSA) is 54.4 Å². The highest BCUT2D eigenvalue weighted by molar-refractivity contribution is 6.17. The molecular formula is C24H40O3. The highest BCUT2D eigenvalue weighted by Gasteiger charge is 2.12. The Morgan fingerprint density at radius 1 is 0.556 bits per heavy atom. The van der Waals surface area contributed by atoms with Gasteiger partial charge in [0.25, 0.3) is 0 Å². The third kappa shape index (κ3) is 13.6. The van der Waals surface area contributed by atoms with Crippen LogP contribution in [0, 0.1) is 0 Å². The first-order valence-corrected chi connectivity index (χ1v) is 11.3. The molecule has 3 heteroatoms. The van der Waals surface area contributed by atoms with Crippen LogP contribution in [-0.2, 0) is 9.59 Å². The first-order valence-electron chi connectivity index (χ1n) is 11.3. The van der Waals surface area contributed by atoms with Crippen LogP contribution in [0.15, 0.2) is 23.8 Å². The molecule has 0 saturated carbocycles. The number of carbonyl (C=O) groups excluding carboxylic acids is 2. The lowest BCUT2D eigenvalue weighted by atomic mass is 9.97. The first-order chi connectivity index (χ1) is 13.2. The summed E-state index contributed by atoms with van der Waals surface area (Å²) >= 11 is 0. The lowest BCUT2D eigenvalue weighted by Gasteiger charge is -2.06. The predicted molar refractivity (Wildman–Crippen MR) is 113 cm³/mol. The molecule has 27 heavy (non-hydrogen) atoms. The second-order valence-corrected chi connectivity index (χ2v) is 7.90. The van der Waals surface area contributed by atoms with Crippen LogP contribution in [0.4, 0.5) is 0 Å². The van der Waals surface area contributed by atoms with Gasteiger partial charge in [0.1, 0.15) is 0 Å². The zero-order valence-electron chi connectivity index (χ0n) is 17.2. The van der Waals surface area contributed by atoms with Gasteiger partial charge in [0.2, 0.25) is 0 Å². The van der Waals surface area contributed by atoms with E-state index in [9.17, 15) is 9.59 Å². The monoisotopic (exact) mass is 376 g/mol. The normalized spacial score (nSPS) is 14.0. The Balaban J connectivity index is 1.77. The molecule has 154 valence electrons. The molecule has 0 fully saturated rings. The van der Waals surface area contributed by atoms with Crippen LogP contribution in [0.25, 0.3) is 0 Å². The van der Waals surface area contributed by atoms with E-state index in [0.717, 1.165) is 25.7 Å². The van der Waals surface area contributed by atoms with Gasteiger partial charge < -0.3 is 5.11 Å². The molecule has 0 heterocycles. The van der Waals surface area contributed by atoms with E-state index < -0.39 is 0 Å². The molecule has 0 aromatic rings. The van der Waals surface area contributed by atoms with E-state index in [2.05, 4.69) is 0 Å². The third-order valence-corrected chi connectivity index (χ3v) is 5.39. The molecule has 0 aromatic carbocycles. The van der Waals surface area contributed by atoms with Crippen molar-refractivity contribution in [3.05, 3.63) is 23.8 Å². The van der Waals surface area contributed by atoms with Crippen molar-refractivity contribution in [1.82, 2.24) is 0 Å². The third-order valence-electron chi connectivity index (χ3n) is 5.39. The average Bonchev–Trinajstić information content (AvgIpc) is 2.67. The number of unbranched alkanes of at least 4 members (excludes halogenated alkanes) is 15. The van der Waals surface area contributed by atoms with E-state index >= 15 is 0 Å². The lowest BCUT2D eigenvalue weighted by molar-refractivity contribution is -0.114. The second-order valence-electron chi connectivity index (χ2n) is 7.90. The van der Waals surface area contributed by atoms with Gasteiger partial charge in [-0.25, -0.2) is 0 Å². The van der Waals surface area contributed by atoms with Gasteiger partial charge in [-0.15, -0.1) is 0 Å². The minimum Gasteiger partial charge on any atom is -0.396 e. The van der Waals surface area contributed by atoms with Crippen molar-refractivity contribution in [2.75, 3.05) is 6.61 Å². The summed E-state index contributed by atoms with van der Waals surface area (Å²) in [7, 11) is 0. The van der Waals surface area contributed by atoms with Crippen molar-refractivity contribution in [2.45, 2.75) is 109 Å². The summed E-state index contributed by atoms with van der Waals surface area (Å²) in [5.41, 5.74) is 0.688. The molecule has 0 amide bonds. The SMILES string of the molecule is O=C1C=CC(=O)C(CCCCCCCCCCCCCCCCCCO)=C1. The first kappa shape index (κ1) is 23.8. The summed E-state index contributed by atoms with van der Waals surface area (Å²) in [5, 5.41) is 8.72. The Morgan fingerprint density at radius 2 is 0.963 bits per heavy atom. The highest BCUT2D eigenvalue weighted by Crippen LogP contribution is 2.17. The van der Waals surface area contributed by atoms with Crippen LogP contribution in [0.1, 0.15) is 109 Å². The zero-order chi connectivity index (χ0) is 19.6. The number of rotatable bonds is 18. The maximum Gasteiger partial charge on any atom is 0.182 e. The molecular weight excluding hydrogens is 336 g/mol. The number of allylic oxidation sites excluding steroid dienone is 4. The van der Waals surface area contributed by atoms with E-state index in [0.29, 0.717) is 12.2 Å². The van der Waals surface area contributed by atoms with Gasteiger partial charge in [-0.3, -0.25) is 9.59 Å². The van der Waals surface area contributed by atoms with Gasteiger partial charge >= 0.3 is 0 Å². The van der Waals surface area contributed by atoms with Crippen LogP contribution < -0.4 is 0 Å².